The Hall–Kier alpha value is -1.75. The molecule has 0 spiro atoms. The first-order chi connectivity index (χ1) is 12.4. The van der Waals surface area contributed by atoms with Gasteiger partial charge in [0.2, 0.25) is 0 Å². The van der Waals surface area contributed by atoms with Gasteiger partial charge in [-0.25, -0.2) is 0 Å². The zero-order valence-electron chi connectivity index (χ0n) is 15.9. The molecule has 1 atom stereocenters. The third kappa shape index (κ3) is 3.68. The first-order valence-electron chi connectivity index (χ1n) is 9.34. The maximum Gasteiger partial charge on any atom is 0.261 e. The molecule has 0 unspecified atom stereocenters. The van der Waals surface area contributed by atoms with Gasteiger partial charge in [-0.15, -0.1) is 0 Å². The van der Waals surface area contributed by atoms with Gasteiger partial charge in [0.05, 0.1) is 6.61 Å². The molecule has 0 saturated carbocycles. The van der Waals surface area contributed by atoms with Crippen LogP contribution < -0.4 is 10.4 Å². The number of carbonyl (C=O) groups excluding carboxylic acids is 1. The van der Waals surface area contributed by atoms with E-state index in [1.54, 1.807) is 0 Å². The first kappa shape index (κ1) is 19.0. The summed E-state index contributed by atoms with van der Waals surface area (Å²) in [7, 11) is -2.51. The predicted octanol–water partition coefficient (Wildman–Crippen LogP) is 3.31. The second-order valence-electron chi connectivity index (χ2n) is 7.88. The van der Waals surface area contributed by atoms with E-state index in [4.69, 9.17) is 9.16 Å². The average Bonchev–Trinajstić information content (AvgIpc) is 3.04. The normalized spacial score (nSPS) is 18.3. The molecule has 138 valence electrons. The molecular formula is C22H28O3Si. The van der Waals surface area contributed by atoms with Crippen molar-refractivity contribution in [2.75, 3.05) is 13.2 Å². The lowest BCUT2D eigenvalue weighted by molar-refractivity contribution is -0.122. The van der Waals surface area contributed by atoms with Gasteiger partial charge in [-0.3, -0.25) is 4.79 Å². The van der Waals surface area contributed by atoms with E-state index in [0.717, 1.165) is 0 Å². The smallest absolute Gasteiger partial charge is 0.261 e. The Morgan fingerprint density at radius 1 is 1.00 bits per heavy atom. The van der Waals surface area contributed by atoms with Gasteiger partial charge in [-0.1, -0.05) is 81.4 Å². The van der Waals surface area contributed by atoms with Crippen LogP contribution in [0.3, 0.4) is 0 Å². The van der Waals surface area contributed by atoms with Gasteiger partial charge < -0.3 is 9.16 Å². The van der Waals surface area contributed by atoms with Crippen LogP contribution in [0.15, 0.2) is 60.7 Å². The highest BCUT2D eigenvalue weighted by atomic mass is 28.4. The molecular weight excluding hydrogens is 340 g/mol. The van der Waals surface area contributed by atoms with E-state index >= 15 is 0 Å². The minimum absolute atomic E-state index is 0.0454. The third-order valence-electron chi connectivity index (χ3n) is 5.14. The van der Waals surface area contributed by atoms with Crippen LogP contribution >= 0.6 is 0 Å². The number of benzene rings is 2. The van der Waals surface area contributed by atoms with Crippen molar-refractivity contribution < 1.29 is 14.0 Å². The number of hydrogen-bond acceptors (Lipinski definition) is 3. The summed E-state index contributed by atoms with van der Waals surface area (Å²) < 4.78 is 12.3. The number of ether oxygens (including phenoxy) is 1. The SMILES string of the molecule is CC(C)(C)[Si](OCC[C@@H]1OCCC1=O)(c1ccccc1)c1ccccc1. The minimum atomic E-state index is -2.51. The quantitative estimate of drug-likeness (QED) is 0.734. The Balaban J connectivity index is 1.96. The van der Waals surface area contributed by atoms with Crippen LogP contribution in [0.5, 0.6) is 0 Å². The molecule has 1 aliphatic rings. The van der Waals surface area contributed by atoms with E-state index in [2.05, 4.69) is 69.3 Å². The van der Waals surface area contributed by atoms with Crippen molar-refractivity contribution in [2.24, 2.45) is 0 Å². The van der Waals surface area contributed by atoms with Gasteiger partial charge in [0.25, 0.3) is 8.32 Å². The molecule has 0 radical (unpaired) electrons. The highest BCUT2D eigenvalue weighted by molar-refractivity contribution is 6.99. The molecule has 2 aromatic carbocycles. The highest BCUT2D eigenvalue weighted by Crippen LogP contribution is 2.36. The van der Waals surface area contributed by atoms with E-state index in [0.29, 0.717) is 26.1 Å². The number of carbonyl (C=O) groups is 1. The summed E-state index contributed by atoms with van der Waals surface area (Å²) in [6.45, 7) is 7.86. The molecule has 4 heteroatoms. The van der Waals surface area contributed by atoms with Crippen LogP contribution in [-0.4, -0.2) is 33.4 Å². The maximum absolute atomic E-state index is 11.9. The van der Waals surface area contributed by atoms with Crippen LogP contribution in [0, 0.1) is 0 Å². The van der Waals surface area contributed by atoms with Crippen molar-refractivity contribution in [2.45, 2.75) is 44.8 Å². The topological polar surface area (TPSA) is 35.5 Å². The van der Waals surface area contributed by atoms with Crippen molar-refractivity contribution >= 4 is 24.5 Å². The summed E-state index contributed by atoms with van der Waals surface area (Å²) in [5, 5.41) is 2.48. The number of rotatable bonds is 6. The molecule has 1 aliphatic heterocycles. The van der Waals surface area contributed by atoms with E-state index in [-0.39, 0.29) is 16.9 Å². The molecule has 0 aromatic heterocycles. The standard InChI is InChI=1S/C22H28O3Si/c1-22(2,3)26(18-10-6-4-7-11-18,19-12-8-5-9-13-19)25-17-15-21-20(23)14-16-24-21/h4-13,21H,14-17H2,1-3H3/t21-/m0/s1. The molecule has 1 fully saturated rings. The monoisotopic (exact) mass is 368 g/mol. The molecule has 0 aliphatic carbocycles. The average molecular weight is 369 g/mol. The van der Waals surface area contributed by atoms with Crippen LogP contribution in [0.1, 0.15) is 33.6 Å². The predicted molar refractivity (Wildman–Crippen MR) is 108 cm³/mol. The van der Waals surface area contributed by atoms with E-state index in [9.17, 15) is 4.79 Å². The molecule has 2 aromatic rings. The highest BCUT2D eigenvalue weighted by Gasteiger charge is 2.50. The summed E-state index contributed by atoms with van der Waals surface area (Å²) in [5.41, 5.74) is 0. The number of Topliss-reactive ketones (excluding diaryl/α,β-unsaturated/α-hetero) is 1. The Labute approximate surface area is 157 Å². The Bertz CT molecular complexity index is 683. The molecule has 0 bridgehead atoms. The second kappa shape index (κ2) is 7.87. The van der Waals surface area contributed by atoms with E-state index < -0.39 is 8.32 Å². The second-order valence-corrected chi connectivity index (χ2v) is 12.2. The largest absolute Gasteiger partial charge is 0.407 e. The van der Waals surface area contributed by atoms with Gasteiger partial charge >= 0.3 is 0 Å². The lowest BCUT2D eigenvalue weighted by Gasteiger charge is -2.43. The van der Waals surface area contributed by atoms with Crippen LogP contribution in [0.25, 0.3) is 0 Å². The van der Waals surface area contributed by atoms with Gasteiger partial charge in [0, 0.05) is 19.4 Å². The van der Waals surface area contributed by atoms with Crippen LogP contribution in [-0.2, 0) is 14.0 Å². The fourth-order valence-corrected chi connectivity index (χ4v) is 8.46. The first-order valence-corrected chi connectivity index (χ1v) is 11.3. The number of ketones is 1. The summed E-state index contributed by atoms with van der Waals surface area (Å²) >= 11 is 0. The van der Waals surface area contributed by atoms with Crippen molar-refractivity contribution in [3.05, 3.63) is 60.7 Å². The van der Waals surface area contributed by atoms with Crippen molar-refractivity contribution in [3.63, 3.8) is 0 Å². The summed E-state index contributed by atoms with van der Waals surface area (Å²) in [6, 6.07) is 21.1. The molecule has 1 saturated heterocycles. The van der Waals surface area contributed by atoms with Crippen LogP contribution in [0.4, 0.5) is 0 Å². The third-order valence-corrected chi connectivity index (χ3v) is 10.2. The van der Waals surface area contributed by atoms with Gasteiger partial charge in [0.1, 0.15) is 6.10 Å². The van der Waals surface area contributed by atoms with Crippen molar-refractivity contribution in [1.82, 2.24) is 0 Å². The Morgan fingerprint density at radius 3 is 1.96 bits per heavy atom. The van der Waals surface area contributed by atoms with Crippen molar-refractivity contribution in [3.8, 4) is 0 Å². The van der Waals surface area contributed by atoms with Crippen LogP contribution in [0.2, 0.25) is 5.04 Å². The summed E-state index contributed by atoms with van der Waals surface area (Å²) in [4.78, 5) is 11.9. The molecule has 26 heavy (non-hydrogen) atoms. The van der Waals surface area contributed by atoms with Crippen molar-refractivity contribution in [1.29, 1.82) is 0 Å². The fourth-order valence-electron chi connectivity index (χ4n) is 3.88. The number of hydrogen-bond donors (Lipinski definition) is 0. The maximum atomic E-state index is 11.9. The summed E-state index contributed by atoms with van der Waals surface area (Å²) in [6.07, 6.45) is 0.862. The fraction of sp³-hybridized carbons (Fsp3) is 0.409. The lowest BCUT2D eigenvalue weighted by Crippen LogP contribution is -2.66. The molecule has 0 amide bonds. The molecule has 0 N–H and O–H groups in total. The van der Waals surface area contributed by atoms with E-state index in [1.165, 1.54) is 10.4 Å². The minimum Gasteiger partial charge on any atom is -0.407 e. The lowest BCUT2D eigenvalue weighted by atomic mass is 10.2. The molecule has 3 rings (SSSR count). The zero-order valence-corrected chi connectivity index (χ0v) is 16.9. The van der Waals surface area contributed by atoms with Gasteiger partial charge in [-0.05, 0) is 15.4 Å². The van der Waals surface area contributed by atoms with E-state index in [1.807, 2.05) is 12.1 Å². The van der Waals surface area contributed by atoms with Gasteiger partial charge in [-0.2, -0.15) is 0 Å². The Morgan fingerprint density at radius 2 is 1.54 bits per heavy atom. The molecule has 1 heterocycles. The van der Waals surface area contributed by atoms with Gasteiger partial charge in [0.15, 0.2) is 5.78 Å². The summed E-state index contributed by atoms with van der Waals surface area (Å²) in [5.74, 6) is 0.205. The zero-order chi connectivity index (χ0) is 18.6. The Kier molecular flexibility index (Phi) is 5.75. The molecule has 3 nitrogen and oxygen atoms in total.